The number of guanidine groups is 1. The predicted octanol–water partition coefficient (Wildman–Crippen LogP) is 3.72. The van der Waals surface area contributed by atoms with Crippen molar-refractivity contribution in [1.82, 2.24) is 10.6 Å². The third-order valence-electron chi connectivity index (χ3n) is 4.44. The fraction of sp³-hybridized carbons (Fsp3) is 0.227. The van der Waals surface area contributed by atoms with Crippen molar-refractivity contribution in [3.63, 3.8) is 0 Å². The first-order valence-electron chi connectivity index (χ1n) is 8.86. The molecule has 0 aliphatic heterocycles. The summed E-state index contributed by atoms with van der Waals surface area (Å²) < 4.78 is 10.7. The molecule has 5 heteroatoms. The number of hydrogen-bond acceptors (Lipinski definition) is 3. The van der Waals surface area contributed by atoms with E-state index in [1.54, 1.807) is 21.3 Å². The number of fused-ring (bicyclic) bond motifs is 1. The molecule has 0 atom stereocenters. The molecule has 3 rings (SSSR count). The molecule has 0 unspecified atom stereocenters. The SMILES string of the molecule is CN=C(NCc1ccc2ccccc2c1)NCc1ccc(OC)cc1OC. The van der Waals surface area contributed by atoms with Gasteiger partial charge in [0, 0.05) is 31.8 Å². The second kappa shape index (κ2) is 8.94. The molecule has 0 bridgehead atoms. The molecule has 0 saturated carbocycles. The lowest BCUT2D eigenvalue weighted by Crippen LogP contribution is -2.36. The highest BCUT2D eigenvalue weighted by molar-refractivity contribution is 5.83. The zero-order valence-corrected chi connectivity index (χ0v) is 16.0. The molecule has 0 saturated heterocycles. The van der Waals surface area contributed by atoms with Gasteiger partial charge in [-0.15, -0.1) is 0 Å². The highest BCUT2D eigenvalue weighted by Crippen LogP contribution is 2.24. The Bertz CT molecular complexity index is 938. The summed E-state index contributed by atoms with van der Waals surface area (Å²) in [5.41, 5.74) is 2.24. The van der Waals surface area contributed by atoms with Crippen molar-refractivity contribution in [2.45, 2.75) is 13.1 Å². The molecule has 0 aliphatic carbocycles. The van der Waals surface area contributed by atoms with Crippen molar-refractivity contribution in [3.05, 3.63) is 71.8 Å². The monoisotopic (exact) mass is 363 g/mol. The Morgan fingerprint density at radius 2 is 1.63 bits per heavy atom. The summed E-state index contributed by atoms with van der Waals surface area (Å²) in [4.78, 5) is 4.30. The molecule has 0 heterocycles. The minimum Gasteiger partial charge on any atom is -0.497 e. The molecule has 0 amide bonds. The van der Waals surface area contributed by atoms with Gasteiger partial charge >= 0.3 is 0 Å². The van der Waals surface area contributed by atoms with Gasteiger partial charge in [-0.3, -0.25) is 4.99 Å². The smallest absolute Gasteiger partial charge is 0.191 e. The van der Waals surface area contributed by atoms with Crippen molar-refractivity contribution in [2.24, 2.45) is 4.99 Å². The largest absolute Gasteiger partial charge is 0.497 e. The number of benzene rings is 3. The maximum Gasteiger partial charge on any atom is 0.191 e. The van der Waals surface area contributed by atoms with Crippen molar-refractivity contribution < 1.29 is 9.47 Å². The van der Waals surface area contributed by atoms with Crippen LogP contribution in [0.1, 0.15) is 11.1 Å². The molecular weight excluding hydrogens is 338 g/mol. The van der Waals surface area contributed by atoms with E-state index in [1.165, 1.54) is 16.3 Å². The summed E-state index contributed by atoms with van der Waals surface area (Å²) in [6.45, 7) is 1.30. The fourth-order valence-electron chi connectivity index (χ4n) is 2.93. The lowest BCUT2D eigenvalue weighted by atomic mass is 10.1. The maximum absolute atomic E-state index is 5.44. The molecule has 0 aliphatic rings. The van der Waals surface area contributed by atoms with Gasteiger partial charge in [-0.1, -0.05) is 36.4 Å². The summed E-state index contributed by atoms with van der Waals surface area (Å²) in [6, 6.07) is 20.6. The van der Waals surface area contributed by atoms with Crippen LogP contribution in [0.4, 0.5) is 0 Å². The molecule has 140 valence electrons. The molecular formula is C22H25N3O2. The van der Waals surface area contributed by atoms with Crippen LogP contribution < -0.4 is 20.1 Å². The van der Waals surface area contributed by atoms with E-state index in [-0.39, 0.29) is 0 Å². The van der Waals surface area contributed by atoms with Crippen LogP contribution in [0.2, 0.25) is 0 Å². The number of methoxy groups -OCH3 is 2. The van der Waals surface area contributed by atoms with E-state index in [2.05, 4.69) is 58.1 Å². The van der Waals surface area contributed by atoms with Crippen molar-refractivity contribution in [1.29, 1.82) is 0 Å². The first-order chi connectivity index (χ1) is 13.2. The van der Waals surface area contributed by atoms with Crippen LogP contribution in [-0.2, 0) is 13.1 Å². The normalized spacial score (nSPS) is 11.3. The molecule has 0 fully saturated rings. The minimum atomic E-state index is 0.602. The van der Waals surface area contributed by atoms with Gasteiger partial charge in [-0.05, 0) is 34.5 Å². The Kier molecular flexibility index (Phi) is 6.15. The Morgan fingerprint density at radius 3 is 2.37 bits per heavy atom. The molecule has 0 radical (unpaired) electrons. The number of rotatable bonds is 6. The average molecular weight is 363 g/mol. The Hall–Kier alpha value is -3.21. The van der Waals surface area contributed by atoms with Gasteiger partial charge < -0.3 is 20.1 Å². The highest BCUT2D eigenvalue weighted by Gasteiger charge is 2.06. The van der Waals surface area contributed by atoms with E-state index in [0.717, 1.165) is 23.0 Å². The van der Waals surface area contributed by atoms with E-state index >= 15 is 0 Å². The highest BCUT2D eigenvalue weighted by atomic mass is 16.5. The van der Waals surface area contributed by atoms with Gasteiger partial charge in [0.05, 0.1) is 14.2 Å². The fourth-order valence-corrected chi connectivity index (χ4v) is 2.93. The predicted molar refractivity (Wildman–Crippen MR) is 111 cm³/mol. The molecule has 3 aromatic rings. The summed E-state index contributed by atoms with van der Waals surface area (Å²) >= 11 is 0. The van der Waals surface area contributed by atoms with Crippen molar-refractivity contribution >= 4 is 16.7 Å². The summed E-state index contributed by atoms with van der Waals surface area (Å²) in [5, 5.41) is 9.16. The lowest BCUT2D eigenvalue weighted by molar-refractivity contribution is 0.390. The maximum atomic E-state index is 5.44. The number of nitrogens with one attached hydrogen (secondary N) is 2. The van der Waals surface area contributed by atoms with E-state index in [4.69, 9.17) is 9.47 Å². The van der Waals surface area contributed by atoms with Gasteiger partial charge in [0.1, 0.15) is 11.5 Å². The Labute approximate surface area is 160 Å². The zero-order chi connectivity index (χ0) is 19.1. The second-order valence-electron chi connectivity index (χ2n) is 6.14. The average Bonchev–Trinajstić information content (AvgIpc) is 2.73. The van der Waals surface area contributed by atoms with Crippen molar-refractivity contribution in [3.8, 4) is 11.5 Å². The van der Waals surface area contributed by atoms with E-state index < -0.39 is 0 Å². The number of nitrogens with zero attached hydrogens (tertiary/aromatic N) is 1. The number of aliphatic imine (C=N–C) groups is 1. The Morgan fingerprint density at radius 1 is 0.852 bits per heavy atom. The van der Waals surface area contributed by atoms with Crippen LogP contribution in [0.5, 0.6) is 11.5 Å². The summed E-state index contributed by atoms with van der Waals surface area (Å²) in [5.74, 6) is 2.29. The topological polar surface area (TPSA) is 54.9 Å². The van der Waals surface area contributed by atoms with Crippen LogP contribution in [0, 0.1) is 0 Å². The number of ether oxygens (including phenoxy) is 2. The molecule has 5 nitrogen and oxygen atoms in total. The van der Waals surface area contributed by atoms with Gasteiger partial charge in [0.2, 0.25) is 0 Å². The van der Waals surface area contributed by atoms with E-state index in [9.17, 15) is 0 Å². The van der Waals surface area contributed by atoms with Crippen LogP contribution in [0.3, 0.4) is 0 Å². The van der Waals surface area contributed by atoms with Crippen LogP contribution >= 0.6 is 0 Å². The van der Waals surface area contributed by atoms with Crippen LogP contribution in [0.25, 0.3) is 10.8 Å². The van der Waals surface area contributed by atoms with Gasteiger partial charge in [-0.25, -0.2) is 0 Å². The zero-order valence-electron chi connectivity index (χ0n) is 16.0. The molecule has 0 spiro atoms. The van der Waals surface area contributed by atoms with Crippen LogP contribution in [0.15, 0.2) is 65.7 Å². The van der Waals surface area contributed by atoms with Gasteiger partial charge in [-0.2, -0.15) is 0 Å². The van der Waals surface area contributed by atoms with E-state index in [0.29, 0.717) is 13.1 Å². The third kappa shape index (κ3) is 4.70. The lowest BCUT2D eigenvalue weighted by Gasteiger charge is -2.14. The molecule has 0 aromatic heterocycles. The Balaban J connectivity index is 1.61. The number of hydrogen-bond donors (Lipinski definition) is 2. The van der Waals surface area contributed by atoms with Crippen LogP contribution in [-0.4, -0.2) is 27.2 Å². The van der Waals surface area contributed by atoms with Crippen molar-refractivity contribution in [2.75, 3.05) is 21.3 Å². The first kappa shape index (κ1) is 18.6. The molecule has 2 N–H and O–H groups in total. The quantitative estimate of drug-likeness (QED) is 0.518. The minimum absolute atomic E-state index is 0.602. The molecule has 27 heavy (non-hydrogen) atoms. The molecule has 3 aromatic carbocycles. The van der Waals surface area contributed by atoms with E-state index in [1.807, 2.05) is 18.2 Å². The standard InChI is InChI=1S/C22H25N3O2/c1-23-22(25-15-19-10-11-20(26-2)13-21(19)27-3)24-14-16-8-9-17-6-4-5-7-18(17)12-16/h4-13H,14-15H2,1-3H3,(H2,23,24,25). The summed E-state index contributed by atoms with van der Waals surface area (Å²) in [6.07, 6.45) is 0. The second-order valence-corrected chi connectivity index (χ2v) is 6.14. The first-order valence-corrected chi connectivity index (χ1v) is 8.86. The van der Waals surface area contributed by atoms with Gasteiger partial charge in [0.15, 0.2) is 5.96 Å². The summed E-state index contributed by atoms with van der Waals surface area (Å²) in [7, 11) is 5.07. The third-order valence-corrected chi connectivity index (χ3v) is 4.44. The van der Waals surface area contributed by atoms with Gasteiger partial charge in [0.25, 0.3) is 0 Å².